The summed E-state index contributed by atoms with van der Waals surface area (Å²) < 4.78 is 1.50. The Morgan fingerprint density at radius 1 is 1.69 bits per heavy atom. The number of hydrogen-bond acceptors (Lipinski definition) is 4. The molecular formula is C8H14N4O. The van der Waals surface area contributed by atoms with Crippen molar-refractivity contribution in [1.29, 1.82) is 0 Å². The van der Waals surface area contributed by atoms with Gasteiger partial charge in [-0.3, -0.25) is 4.79 Å². The summed E-state index contributed by atoms with van der Waals surface area (Å²) in [4.78, 5) is 17.2. The summed E-state index contributed by atoms with van der Waals surface area (Å²) in [5.41, 5.74) is 5.28. The van der Waals surface area contributed by atoms with Crippen molar-refractivity contribution in [2.45, 2.75) is 0 Å². The number of hydrogen-bond donors (Lipinski definition) is 1. The summed E-state index contributed by atoms with van der Waals surface area (Å²) in [5.74, 6) is 0.440. The Hall–Kier alpha value is -1.36. The van der Waals surface area contributed by atoms with Crippen LogP contribution in [0.2, 0.25) is 0 Å². The van der Waals surface area contributed by atoms with Crippen molar-refractivity contribution in [3.05, 3.63) is 22.7 Å². The third-order valence-electron chi connectivity index (χ3n) is 1.82. The molecule has 0 aliphatic rings. The fourth-order valence-corrected chi connectivity index (χ4v) is 1.05. The van der Waals surface area contributed by atoms with Gasteiger partial charge in [-0.25, -0.2) is 4.98 Å². The molecule has 0 atom stereocenters. The quantitative estimate of drug-likeness (QED) is 0.663. The number of aromatic nitrogens is 2. The Labute approximate surface area is 76.8 Å². The van der Waals surface area contributed by atoms with Gasteiger partial charge < -0.3 is 15.2 Å². The van der Waals surface area contributed by atoms with E-state index in [-0.39, 0.29) is 5.56 Å². The predicted octanol–water partition coefficient (Wildman–Crippen LogP) is -0.825. The highest BCUT2D eigenvalue weighted by Crippen LogP contribution is 1.97. The minimum absolute atomic E-state index is 0.0987. The van der Waals surface area contributed by atoms with Crippen LogP contribution < -0.4 is 16.2 Å². The molecule has 0 bridgehead atoms. The molecule has 0 radical (unpaired) electrons. The average molecular weight is 182 g/mol. The lowest BCUT2D eigenvalue weighted by atomic mass is 10.5. The van der Waals surface area contributed by atoms with Crippen molar-refractivity contribution in [3.8, 4) is 0 Å². The van der Waals surface area contributed by atoms with Crippen LogP contribution in [0.5, 0.6) is 0 Å². The van der Waals surface area contributed by atoms with Crippen LogP contribution in [0, 0.1) is 0 Å². The summed E-state index contributed by atoms with van der Waals surface area (Å²) in [7, 11) is 3.50. The Morgan fingerprint density at radius 2 is 2.38 bits per heavy atom. The number of aryl methyl sites for hydroxylation is 1. The van der Waals surface area contributed by atoms with Gasteiger partial charge in [0.25, 0.3) is 5.56 Å². The summed E-state index contributed by atoms with van der Waals surface area (Å²) in [6.45, 7) is 1.14. The van der Waals surface area contributed by atoms with Crippen LogP contribution in [0.1, 0.15) is 0 Å². The normalized spacial score (nSPS) is 10.1. The molecule has 0 aromatic carbocycles. The minimum atomic E-state index is -0.0987. The molecule has 5 heteroatoms. The van der Waals surface area contributed by atoms with E-state index in [1.54, 1.807) is 31.4 Å². The first-order valence-corrected chi connectivity index (χ1v) is 4.09. The van der Waals surface area contributed by atoms with Crippen LogP contribution in [0.4, 0.5) is 5.82 Å². The molecule has 0 amide bonds. The molecule has 72 valence electrons. The fraction of sp³-hybridized carbons (Fsp3) is 0.500. The van der Waals surface area contributed by atoms with Gasteiger partial charge in [0, 0.05) is 39.6 Å². The Kier molecular flexibility index (Phi) is 3.02. The van der Waals surface area contributed by atoms with Crippen LogP contribution in [0.3, 0.4) is 0 Å². The van der Waals surface area contributed by atoms with Crippen molar-refractivity contribution >= 4 is 5.82 Å². The van der Waals surface area contributed by atoms with E-state index in [0.717, 1.165) is 0 Å². The lowest BCUT2D eigenvalue weighted by molar-refractivity contribution is 0.798. The second-order valence-electron chi connectivity index (χ2n) is 2.88. The van der Waals surface area contributed by atoms with Gasteiger partial charge in [0.1, 0.15) is 0 Å². The molecule has 0 spiro atoms. The summed E-state index contributed by atoms with van der Waals surface area (Å²) in [6, 6.07) is 0. The van der Waals surface area contributed by atoms with Crippen molar-refractivity contribution < 1.29 is 0 Å². The molecule has 0 saturated carbocycles. The molecule has 1 heterocycles. The first-order chi connectivity index (χ1) is 6.16. The zero-order valence-corrected chi connectivity index (χ0v) is 7.90. The highest BCUT2D eigenvalue weighted by molar-refractivity contribution is 5.33. The predicted molar refractivity (Wildman–Crippen MR) is 51.8 cm³/mol. The van der Waals surface area contributed by atoms with E-state index in [9.17, 15) is 4.79 Å². The number of nitrogens with two attached hydrogens (primary N) is 1. The van der Waals surface area contributed by atoms with Crippen LogP contribution in [0.15, 0.2) is 17.2 Å². The number of nitrogens with zero attached hydrogens (tertiary/aromatic N) is 3. The number of anilines is 1. The van der Waals surface area contributed by atoms with Crippen LogP contribution in [-0.4, -0.2) is 29.7 Å². The van der Waals surface area contributed by atoms with E-state index >= 15 is 0 Å². The highest BCUT2D eigenvalue weighted by atomic mass is 16.1. The molecule has 0 aliphatic heterocycles. The van der Waals surface area contributed by atoms with Gasteiger partial charge in [0.05, 0.1) is 0 Å². The summed E-state index contributed by atoms with van der Waals surface area (Å²) >= 11 is 0. The average Bonchev–Trinajstić information content (AvgIpc) is 2.10. The monoisotopic (exact) mass is 182 g/mol. The largest absolute Gasteiger partial charge is 0.354 e. The number of rotatable bonds is 3. The van der Waals surface area contributed by atoms with E-state index < -0.39 is 0 Å². The molecule has 2 N–H and O–H groups in total. The van der Waals surface area contributed by atoms with Gasteiger partial charge in [-0.05, 0) is 0 Å². The Morgan fingerprint density at radius 3 is 3.00 bits per heavy atom. The van der Waals surface area contributed by atoms with Gasteiger partial charge in [-0.15, -0.1) is 0 Å². The van der Waals surface area contributed by atoms with E-state index in [1.165, 1.54) is 4.57 Å². The SMILES string of the molecule is CN(CCN)c1nccn(C)c1=O. The van der Waals surface area contributed by atoms with Crippen LogP contribution in [-0.2, 0) is 7.05 Å². The van der Waals surface area contributed by atoms with Gasteiger partial charge in [-0.2, -0.15) is 0 Å². The third-order valence-corrected chi connectivity index (χ3v) is 1.82. The van der Waals surface area contributed by atoms with E-state index in [2.05, 4.69) is 4.98 Å². The van der Waals surface area contributed by atoms with Crippen molar-refractivity contribution in [2.75, 3.05) is 25.0 Å². The zero-order chi connectivity index (χ0) is 9.84. The summed E-state index contributed by atoms with van der Waals surface area (Å²) in [6.07, 6.45) is 3.23. The van der Waals surface area contributed by atoms with E-state index in [0.29, 0.717) is 18.9 Å². The first kappa shape index (κ1) is 9.73. The topological polar surface area (TPSA) is 64.2 Å². The van der Waals surface area contributed by atoms with Crippen molar-refractivity contribution in [3.63, 3.8) is 0 Å². The molecule has 0 saturated heterocycles. The second-order valence-corrected chi connectivity index (χ2v) is 2.88. The maximum Gasteiger partial charge on any atom is 0.293 e. The molecular weight excluding hydrogens is 168 g/mol. The maximum atomic E-state index is 11.5. The van der Waals surface area contributed by atoms with Crippen molar-refractivity contribution in [2.24, 2.45) is 12.8 Å². The second kappa shape index (κ2) is 4.04. The van der Waals surface area contributed by atoms with E-state index in [4.69, 9.17) is 5.73 Å². The zero-order valence-electron chi connectivity index (χ0n) is 7.90. The maximum absolute atomic E-state index is 11.5. The third kappa shape index (κ3) is 2.06. The minimum Gasteiger partial charge on any atom is -0.354 e. The molecule has 0 unspecified atom stereocenters. The van der Waals surface area contributed by atoms with E-state index in [1.807, 2.05) is 0 Å². The number of likely N-dealkylation sites (N-methyl/N-ethyl adjacent to an activating group) is 1. The molecule has 0 fully saturated rings. The fourth-order valence-electron chi connectivity index (χ4n) is 1.05. The summed E-state index contributed by atoms with van der Waals surface area (Å²) in [5, 5.41) is 0. The molecule has 0 aliphatic carbocycles. The molecule has 13 heavy (non-hydrogen) atoms. The molecule has 1 aromatic rings. The first-order valence-electron chi connectivity index (χ1n) is 4.09. The Bertz CT molecular complexity index is 333. The molecule has 5 nitrogen and oxygen atoms in total. The molecule has 1 aromatic heterocycles. The van der Waals surface area contributed by atoms with Crippen molar-refractivity contribution in [1.82, 2.24) is 9.55 Å². The molecule has 1 rings (SSSR count). The lowest BCUT2D eigenvalue weighted by Crippen LogP contribution is -2.32. The smallest absolute Gasteiger partial charge is 0.293 e. The lowest BCUT2D eigenvalue weighted by Gasteiger charge is -2.15. The Balaban J connectivity index is 3.01. The van der Waals surface area contributed by atoms with Gasteiger partial charge >= 0.3 is 0 Å². The standard InChI is InChI=1S/C8H14N4O/c1-11(5-3-9)7-8(13)12(2)6-4-10-7/h4,6H,3,5,9H2,1-2H3. The van der Waals surface area contributed by atoms with Gasteiger partial charge in [0.15, 0.2) is 5.82 Å². The van der Waals surface area contributed by atoms with Crippen LogP contribution in [0.25, 0.3) is 0 Å². The highest BCUT2D eigenvalue weighted by Gasteiger charge is 2.06. The van der Waals surface area contributed by atoms with Gasteiger partial charge in [-0.1, -0.05) is 0 Å². The van der Waals surface area contributed by atoms with Gasteiger partial charge in [0.2, 0.25) is 0 Å². The van der Waals surface area contributed by atoms with Crippen LogP contribution >= 0.6 is 0 Å².